The van der Waals surface area contributed by atoms with Crippen molar-refractivity contribution in [3.63, 3.8) is 0 Å². The van der Waals surface area contributed by atoms with Gasteiger partial charge in [-0.3, -0.25) is 14.3 Å². The monoisotopic (exact) mass is 284 g/mol. The lowest BCUT2D eigenvalue weighted by atomic mass is 10.1. The number of H-pyrrole nitrogens is 1. The highest BCUT2D eigenvalue weighted by Gasteiger charge is 2.26. The van der Waals surface area contributed by atoms with Crippen molar-refractivity contribution in [2.75, 3.05) is 31.4 Å². The second-order valence-corrected chi connectivity index (χ2v) is 4.78. The second kappa shape index (κ2) is 6.10. The van der Waals surface area contributed by atoms with Gasteiger partial charge in [0.05, 0.1) is 25.3 Å². The Bertz CT molecular complexity index is 580. The fraction of sp³-hybridized carbons (Fsp3) is 0.667. The number of nitrogens with two attached hydrogens (primary N) is 1. The summed E-state index contributed by atoms with van der Waals surface area (Å²) >= 11 is 0. The molecular weight excluding hydrogens is 264 g/mol. The van der Waals surface area contributed by atoms with Crippen molar-refractivity contribution < 1.29 is 9.47 Å². The number of hydrogen-bond acceptors (Lipinski definition) is 6. The van der Waals surface area contributed by atoms with Crippen molar-refractivity contribution >= 4 is 11.5 Å². The van der Waals surface area contributed by atoms with Crippen molar-refractivity contribution in [2.24, 2.45) is 0 Å². The van der Waals surface area contributed by atoms with Crippen molar-refractivity contribution in [3.05, 3.63) is 20.8 Å². The molecule has 4 N–H and O–H groups in total. The third-order valence-corrected chi connectivity index (χ3v) is 3.46. The Labute approximate surface area is 115 Å². The van der Waals surface area contributed by atoms with Crippen LogP contribution in [0.1, 0.15) is 13.3 Å². The molecule has 1 saturated heterocycles. The highest BCUT2D eigenvalue weighted by molar-refractivity contribution is 5.61. The summed E-state index contributed by atoms with van der Waals surface area (Å²) in [7, 11) is 1.53. The molecule has 20 heavy (non-hydrogen) atoms. The van der Waals surface area contributed by atoms with Crippen LogP contribution < -0.4 is 22.3 Å². The molecular formula is C12H20N4O4. The van der Waals surface area contributed by atoms with Crippen LogP contribution in [0.3, 0.4) is 0 Å². The van der Waals surface area contributed by atoms with Crippen LogP contribution in [0.2, 0.25) is 0 Å². The largest absolute Gasteiger partial charge is 0.383 e. The molecule has 0 spiro atoms. The van der Waals surface area contributed by atoms with Crippen molar-refractivity contribution in [1.82, 2.24) is 9.55 Å². The molecule has 1 aliphatic rings. The van der Waals surface area contributed by atoms with Crippen molar-refractivity contribution in [1.29, 1.82) is 0 Å². The minimum Gasteiger partial charge on any atom is -0.383 e. The van der Waals surface area contributed by atoms with Gasteiger partial charge < -0.3 is 20.5 Å². The quantitative estimate of drug-likeness (QED) is 0.663. The molecule has 8 nitrogen and oxygen atoms in total. The maximum absolute atomic E-state index is 11.9. The molecule has 1 aromatic rings. The molecule has 0 bridgehead atoms. The lowest BCUT2D eigenvalue weighted by molar-refractivity contribution is 0.121. The van der Waals surface area contributed by atoms with E-state index in [4.69, 9.17) is 15.2 Å². The van der Waals surface area contributed by atoms with Crippen LogP contribution in [0.25, 0.3) is 0 Å². The summed E-state index contributed by atoms with van der Waals surface area (Å²) in [5.74, 6) is 0.120. The van der Waals surface area contributed by atoms with E-state index < -0.39 is 11.2 Å². The van der Waals surface area contributed by atoms with Crippen molar-refractivity contribution in [2.45, 2.75) is 32.0 Å². The fourth-order valence-corrected chi connectivity index (χ4v) is 2.24. The Hall–Kier alpha value is -1.80. The fourth-order valence-electron chi connectivity index (χ4n) is 2.24. The number of methoxy groups -OCH3 is 1. The molecule has 112 valence electrons. The molecule has 2 heterocycles. The molecule has 1 aliphatic heterocycles. The Morgan fingerprint density at radius 2 is 2.30 bits per heavy atom. The Morgan fingerprint density at radius 1 is 1.55 bits per heavy atom. The minimum atomic E-state index is -0.536. The first-order valence-corrected chi connectivity index (χ1v) is 6.54. The van der Waals surface area contributed by atoms with Gasteiger partial charge in [0.1, 0.15) is 11.5 Å². The van der Waals surface area contributed by atoms with Gasteiger partial charge in [-0.05, 0) is 13.3 Å². The van der Waals surface area contributed by atoms with E-state index in [1.165, 1.54) is 11.7 Å². The van der Waals surface area contributed by atoms with Gasteiger partial charge >= 0.3 is 5.69 Å². The standard InChI is InChI=1S/C12H20N4O4/c1-7-8(3-5-20-7)14-9-10(13)16(4-6-19-2)12(18)15-11(9)17/h7-8,14H,3-6,13H2,1-2H3,(H,15,17,18). The average molecular weight is 284 g/mol. The number of aromatic amines is 1. The highest BCUT2D eigenvalue weighted by atomic mass is 16.5. The van der Waals surface area contributed by atoms with Crippen LogP contribution in [-0.4, -0.2) is 42.0 Å². The predicted molar refractivity (Wildman–Crippen MR) is 75.1 cm³/mol. The van der Waals surface area contributed by atoms with Gasteiger partial charge in [0.25, 0.3) is 5.56 Å². The van der Waals surface area contributed by atoms with Crippen molar-refractivity contribution in [3.8, 4) is 0 Å². The summed E-state index contributed by atoms with van der Waals surface area (Å²) in [5, 5.41) is 3.08. The van der Waals surface area contributed by atoms with E-state index in [1.54, 1.807) is 0 Å². The van der Waals surface area contributed by atoms with Gasteiger partial charge in [-0.25, -0.2) is 4.79 Å². The van der Waals surface area contributed by atoms with Gasteiger partial charge in [0.15, 0.2) is 0 Å². The highest BCUT2D eigenvalue weighted by Crippen LogP contribution is 2.19. The summed E-state index contributed by atoms with van der Waals surface area (Å²) in [6.45, 7) is 3.18. The molecule has 8 heteroatoms. The van der Waals surface area contributed by atoms with Gasteiger partial charge in [0.2, 0.25) is 0 Å². The van der Waals surface area contributed by atoms with Crippen LogP contribution in [0.5, 0.6) is 0 Å². The maximum atomic E-state index is 11.9. The number of ether oxygens (including phenoxy) is 2. The van der Waals surface area contributed by atoms with Crippen LogP contribution in [0.4, 0.5) is 11.5 Å². The van der Waals surface area contributed by atoms with Crippen LogP contribution >= 0.6 is 0 Å². The van der Waals surface area contributed by atoms with Crippen LogP contribution in [0, 0.1) is 0 Å². The number of nitrogens with one attached hydrogen (secondary N) is 2. The lowest BCUT2D eigenvalue weighted by Gasteiger charge is -2.19. The van der Waals surface area contributed by atoms with Gasteiger partial charge in [-0.2, -0.15) is 0 Å². The third-order valence-electron chi connectivity index (χ3n) is 3.46. The maximum Gasteiger partial charge on any atom is 0.330 e. The van der Waals surface area contributed by atoms with E-state index in [0.29, 0.717) is 13.2 Å². The first kappa shape index (κ1) is 14.6. The Morgan fingerprint density at radius 3 is 2.90 bits per heavy atom. The summed E-state index contributed by atoms with van der Waals surface area (Å²) < 4.78 is 11.6. The first-order valence-electron chi connectivity index (χ1n) is 6.54. The van der Waals surface area contributed by atoms with E-state index in [-0.39, 0.29) is 30.2 Å². The number of anilines is 2. The zero-order valence-corrected chi connectivity index (χ0v) is 11.6. The van der Waals surface area contributed by atoms with Crippen LogP contribution in [-0.2, 0) is 16.0 Å². The molecule has 0 saturated carbocycles. The number of nitrogens with zero attached hydrogens (tertiary/aromatic N) is 1. The van der Waals surface area contributed by atoms with E-state index in [2.05, 4.69) is 10.3 Å². The number of nitrogen functional groups attached to an aromatic ring is 1. The van der Waals surface area contributed by atoms with E-state index in [0.717, 1.165) is 6.42 Å². The van der Waals surface area contributed by atoms with Crippen LogP contribution in [0.15, 0.2) is 9.59 Å². The lowest BCUT2D eigenvalue weighted by Crippen LogP contribution is -2.37. The molecule has 0 amide bonds. The Kier molecular flexibility index (Phi) is 4.46. The number of aromatic nitrogens is 2. The van der Waals surface area contributed by atoms with Gasteiger partial charge in [0, 0.05) is 13.7 Å². The van der Waals surface area contributed by atoms with E-state index >= 15 is 0 Å². The van der Waals surface area contributed by atoms with E-state index in [1.807, 2.05) is 6.92 Å². The number of rotatable bonds is 5. The Balaban J connectivity index is 2.32. The molecule has 0 aromatic carbocycles. The van der Waals surface area contributed by atoms with Gasteiger partial charge in [-0.15, -0.1) is 0 Å². The summed E-state index contributed by atoms with van der Waals surface area (Å²) in [4.78, 5) is 25.9. The topological polar surface area (TPSA) is 111 Å². The predicted octanol–water partition coefficient (Wildman–Crippen LogP) is -0.645. The molecule has 2 unspecified atom stereocenters. The molecule has 2 rings (SSSR count). The summed E-state index contributed by atoms with van der Waals surface area (Å²) in [6, 6.07) is 0.00628. The normalized spacial score (nSPS) is 22.1. The molecule has 0 aliphatic carbocycles. The molecule has 1 aromatic heterocycles. The molecule has 2 atom stereocenters. The average Bonchev–Trinajstić information content (AvgIpc) is 2.80. The SMILES string of the molecule is COCCn1c(N)c(NC2CCOC2C)c(=O)[nH]c1=O. The summed E-state index contributed by atoms with van der Waals surface area (Å²) in [6.07, 6.45) is 0.783. The zero-order valence-electron chi connectivity index (χ0n) is 11.6. The van der Waals surface area contributed by atoms with Gasteiger partial charge in [-0.1, -0.05) is 0 Å². The molecule has 0 radical (unpaired) electrons. The second-order valence-electron chi connectivity index (χ2n) is 4.78. The summed E-state index contributed by atoms with van der Waals surface area (Å²) in [5.41, 5.74) is 5.09. The molecule has 1 fully saturated rings. The smallest absolute Gasteiger partial charge is 0.330 e. The van der Waals surface area contributed by atoms with E-state index in [9.17, 15) is 9.59 Å². The zero-order chi connectivity index (χ0) is 14.7. The number of hydrogen-bond donors (Lipinski definition) is 3. The third kappa shape index (κ3) is 2.86. The first-order chi connectivity index (χ1) is 9.54. The minimum absolute atomic E-state index is 0.00628.